The van der Waals surface area contributed by atoms with Gasteiger partial charge in [0, 0.05) is 24.8 Å². The molecule has 0 amide bonds. The maximum atomic E-state index is 4.76. The first kappa shape index (κ1) is 12.4. The Morgan fingerprint density at radius 3 is 2.94 bits per heavy atom. The van der Waals surface area contributed by atoms with E-state index in [1.165, 1.54) is 24.8 Å². The normalized spacial score (nSPS) is 19.9. The van der Waals surface area contributed by atoms with E-state index in [9.17, 15) is 0 Å². The van der Waals surface area contributed by atoms with Gasteiger partial charge in [0.2, 0.25) is 0 Å². The van der Waals surface area contributed by atoms with Crippen LogP contribution in [0.1, 0.15) is 37.4 Å². The lowest BCUT2D eigenvalue weighted by molar-refractivity contribution is 0.639. The second-order valence-electron chi connectivity index (χ2n) is 4.84. The lowest BCUT2D eigenvalue weighted by atomic mass is 10.1. The molecule has 1 aliphatic rings. The van der Waals surface area contributed by atoms with Crippen LogP contribution in [0.15, 0.2) is 12.1 Å². The molecule has 0 spiro atoms. The number of aryl methyl sites for hydroxylation is 1. The van der Waals surface area contributed by atoms with Gasteiger partial charge in [0.15, 0.2) is 0 Å². The summed E-state index contributed by atoms with van der Waals surface area (Å²) in [4.78, 5) is 7.23. The standard InChI is InChI=1S/C14H23N3/c1-4-13-6-5-9-17(13)14-8-7-12(10-15-3)11(2)16-14/h7-8,13,15H,4-6,9-10H2,1-3H3. The van der Waals surface area contributed by atoms with Gasteiger partial charge in [-0.2, -0.15) is 0 Å². The lowest BCUT2D eigenvalue weighted by Crippen LogP contribution is -2.29. The molecular formula is C14H23N3. The summed E-state index contributed by atoms with van der Waals surface area (Å²) in [6.07, 6.45) is 3.84. The molecule has 1 aliphatic heterocycles. The van der Waals surface area contributed by atoms with E-state index in [0.717, 1.165) is 24.6 Å². The Bertz CT molecular complexity index is 376. The summed E-state index contributed by atoms with van der Waals surface area (Å²) in [5, 5.41) is 3.18. The number of nitrogens with one attached hydrogen (secondary N) is 1. The van der Waals surface area contributed by atoms with Crippen LogP contribution in [0.4, 0.5) is 5.82 Å². The molecule has 3 heteroatoms. The van der Waals surface area contributed by atoms with E-state index >= 15 is 0 Å². The second-order valence-corrected chi connectivity index (χ2v) is 4.84. The minimum Gasteiger partial charge on any atom is -0.354 e. The van der Waals surface area contributed by atoms with Crippen molar-refractivity contribution in [3.8, 4) is 0 Å². The average Bonchev–Trinajstić information content (AvgIpc) is 2.80. The van der Waals surface area contributed by atoms with Gasteiger partial charge in [-0.25, -0.2) is 4.98 Å². The number of nitrogens with zero attached hydrogens (tertiary/aromatic N) is 2. The van der Waals surface area contributed by atoms with E-state index in [2.05, 4.69) is 36.2 Å². The van der Waals surface area contributed by atoms with Crippen molar-refractivity contribution in [2.24, 2.45) is 0 Å². The van der Waals surface area contributed by atoms with Crippen molar-refractivity contribution in [3.63, 3.8) is 0 Å². The van der Waals surface area contributed by atoms with Gasteiger partial charge in [-0.05, 0) is 44.9 Å². The molecule has 1 fully saturated rings. The van der Waals surface area contributed by atoms with Crippen LogP contribution in [0.25, 0.3) is 0 Å². The fraction of sp³-hybridized carbons (Fsp3) is 0.643. The van der Waals surface area contributed by atoms with Crippen molar-refractivity contribution in [1.82, 2.24) is 10.3 Å². The van der Waals surface area contributed by atoms with E-state index < -0.39 is 0 Å². The molecule has 1 aromatic rings. The third-order valence-electron chi connectivity index (χ3n) is 3.69. The minimum absolute atomic E-state index is 0.692. The average molecular weight is 233 g/mol. The predicted octanol–water partition coefficient (Wildman–Crippen LogP) is 2.49. The largest absolute Gasteiger partial charge is 0.354 e. The Labute approximate surface area is 104 Å². The Kier molecular flexibility index (Phi) is 4.00. The summed E-state index contributed by atoms with van der Waals surface area (Å²) in [5.74, 6) is 1.16. The summed E-state index contributed by atoms with van der Waals surface area (Å²) in [7, 11) is 1.97. The maximum absolute atomic E-state index is 4.76. The van der Waals surface area contributed by atoms with Crippen LogP contribution < -0.4 is 10.2 Å². The van der Waals surface area contributed by atoms with Crippen molar-refractivity contribution >= 4 is 5.82 Å². The van der Waals surface area contributed by atoms with Crippen LogP contribution in [0.2, 0.25) is 0 Å². The Hall–Kier alpha value is -1.09. The fourth-order valence-electron chi connectivity index (χ4n) is 2.68. The molecule has 1 aromatic heterocycles. The molecule has 1 unspecified atom stereocenters. The van der Waals surface area contributed by atoms with E-state index in [0.29, 0.717) is 6.04 Å². The zero-order valence-corrected chi connectivity index (χ0v) is 11.2. The van der Waals surface area contributed by atoms with Crippen molar-refractivity contribution in [2.45, 2.75) is 45.7 Å². The molecule has 2 rings (SSSR count). The third kappa shape index (κ3) is 2.60. The number of hydrogen-bond donors (Lipinski definition) is 1. The second kappa shape index (κ2) is 5.50. The highest BCUT2D eigenvalue weighted by Gasteiger charge is 2.24. The molecule has 3 nitrogen and oxygen atoms in total. The van der Waals surface area contributed by atoms with Gasteiger partial charge in [-0.3, -0.25) is 0 Å². The predicted molar refractivity (Wildman–Crippen MR) is 72.4 cm³/mol. The fourth-order valence-corrected chi connectivity index (χ4v) is 2.68. The highest BCUT2D eigenvalue weighted by atomic mass is 15.2. The molecular weight excluding hydrogens is 210 g/mol. The molecule has 1 saturated heterocycles. The van der Waals surface area contributed by atoms with E-state index in [1.807, 2.05) is 7.05 Å². The van der Waals surface area contributed by atoms with E-state index in [-0.39, 0.29) is 0 Å². The number of aromatic nitrogens is 1. The number of hydrogen-bond acceptors (Lipinski definition) is 3. The maximum Gasteiger partial charge on any atom is 0.129 e. The topological polar surface area (TPSA) is 28.2 Å². The summed E-state index contributed by atoms with van der Waals surface area (Å²) >= 11 is 0. The minimum atomic E-state index is 0.692. The molecule has 0 bridgehead atoms. The monoisotopic (exact) mass is 233 g/mol. The van der Waals surface area contributed by atoms with Crippen LogP contribution in [0.5, 0.6) is 0 Å². The molecule has 0 aliphatic carbocycles. The van der Waals surface area contributed by atoms with Gasteiger partial charge in [0.1, 0.15) is 5.82 Å². The highest BCUT2D eigenvalue weighted by Crippen LogP contribution is 2.26. The Balaban J connectivity index is 2.19. The van der Waals surface area contributed by atoms with Gasteiger partial charge in [0.05, 0.1) is 0 Å². The number of rotatable bonds is 4. The summed E-state index contributed by atoms with van der Waals surface area (Å²) in [5.41, 5.74) is 2.45. The molecule has 1 atom stereocenters. The first-order valence-electron chi connectivity index (χ1n) is 6.64. The van der Waals surface area contributed by atoms with Crippen LogP contribution >= 0.6 is 0 Å². The zero-order chi connectivity index (χ0) is 12.3. The number of pyridine rings is 1. The smallest absolute Gasteiger partial charge is 0.129 e. The third-order valence-corrected chi connectivity index (χ3v) is 3.69. The molecule has 0 radical (unpaired) electrons. The van der Waals surface area contributed by atoms with Gasteiger partial charge in [0.25, 0.3) is 0 Å². The van der Waals surface area contributed by atoms with Crippen LogP contribution in [-0.2, 0) is 6.54 Å². The lowest BCUT2D eigenvalue weighted by Gasteiger charge is -2.25. The molecule has 0 saturated carbocycles. The first-order valence-corrected chi connectivity index (χ1v) is 6.64. The summed E-state index contributed by atoms with van der Waals surface area (Å²) in [6, 6.07) is 5.07. The zero-order valence-electron chi connectivity index (χ0n) is 11.2. The molecule has 1 N–H and O–H groups in total. The van der Waals surface area contributed by atoms with Crippen LogP contribution in [0.3, 0.4) is 0 Å². The number of anilines is 1. The molecule has 17 heavy (non-hydrogen) atoms. The van der Waals surface area contributed by atoms with Gasteiger partial charge >= 0.3 is 0 Å². The van der Waals surface area contributed by atoms with Crippen LogP contribution in [0, 0.1) is 6.92 Å². The molecule has 94 valence electrons. The summed E-state index contributed by atoms with van der Waals surface area (Å²) < 4.78 is 0. The van der Waals surface area contributed by atoms with Crippen molar-refractivity contribution < 1.29 is 0 Å². The van der Waals surface area contributed by atoms with E-state index in [4.69, 9.17) is 4.98 Å². The van der Waals surface area contributed by atoms with Crippen molar-refractivity contribution in [1.29, 1.82) is 0 Å². The van der Waals surface area contributed by atoms with Gasteiger partial charge in [-0.1, -0.05) is 13.0 Å². The van der Waals surface area contributed by atoms with Crippen molar-refractivity contribution in [3.05, 3.63) is 23.4 Å². The Morgan fingerprint density at radius 2 is 2.29 bits per heavy atom. The summed E-state index contributed by atoms with van der Waals surface area (Å²) in [6.45, 7) is 6.44. The van der Waals surface area contributed by atoms with Gasteiger partial charge in [-0.15, -0.1) is 0 Å². The molecule has 0 aromatic carbocycles. The van der Waals surface area contributed by atoms with Crippen LogP contribution in [-0.4, -0.2) is 24.6 Å². The van der Waals surface area contributed by atoms with E-state index in [1.54, 1.807) is 0 Å². The highest BCUT2D eigenvalue weighted by molar-refractivity contribution is 5.43. The van der Waals surface area contributed by atoms with Gasteiger partial charge < -0.3 is 10.2 Å². The molecule has 2 heterocycles. The van der Waals surface area contributed by atoms with Crippen molar-refractivity contribution in [2.75, 3.05) is 18.5 Å². The first-order chi connectivity index (χ1) is 8.26. The SMILES string of the molecule is CCC1CCCN1c1ccc(CNC)c(C)n1. The Morgan fingerprint density at radius 1 is 1.47 bits per heavy atom. The quantitative estimate of drug-likeness (QED) is 0.866.